The molecule has 0 radical (unpaired) electrons. The molecular formula is C27H37N3O4. The molecule has 1 aliphatic carbocycles. The molecule has 0 spiro atoms. The van der Waals surface area contributed by atoms with Gasteiger partial charge in [0, 0.05) is 25.8 Å². The van der Waals surface area contributed by atoms with Gasteiger partial charge in [-0.15, -0.1) is 0 Å². The zero-order valence-corrected chi connectivity index (χ0v) is 20.4. The summed E-state index contributed by atoms with van der Waals surface area (Å²) in [4.78, 5) is 41.5. The second-order valence-corrected chi connectivity index (χ2v) is 9.06. The lowest BCUT2D eigenvalue weighted by molar-refractivity contribution is -0.132. The van der Waals surface area contributed by atoms with E-state index in [1.54, 1.807) is 41.9 Å². The largest absolute Gasteiger partial charge is 0.395 e. The Balaban J connectivity index is 2.00. The van der Waals surface area contributed by atoms with Gasteiger partial charge < -0.3 is 19.9 Å². The van der Waals surface area contributed by atoms with Gasteiger partial charge >= 0.3 is 0 Å². The third kappa shape index (κ3) is 6.14. The van der Waals surface area contributed by atoms with Crippen LogP contribution in [-0.4, -0.2) is 46.6 Å². The van der Waals surface area contributed by atoms with E-state index < -0.39 is 11.9 Å². The van der Waals surface area contributed by atoms with Crippen LogP contribution in [0.2, 0.25) is 0 Å². The first kappa shape index (κ1) is 25.7. The fourth-order valence-electron chi connectivity index (χ4n) is 4.57. The minimum Gasteiger partial charge on any atom is -0.395 e. The number of likely N-dealkylation sites (N-methyl/N-ethyl adjacent to an activating group) is 1. The number of carbonyl (C=O) groups is 2. The molecule has 2 N–H and O–H groups in total. The summed E-state index contributed by atoms with van der Waals surface area (Å²) in [6.45, 7) is 2.66. The number of benzene rings is 1. The van der Waals surface area contributed by atoms with E-state index >= 15 is 0 Å². The number of aromatic nitrogens is 1. The van der Waals surface area contributed by atoms with Crippen molar-refractivity contribution in [2.75, 3.05) is 20.2 Å². The fraction of sp³-hybridized carbons (Fsp3) is 0.519. The van der Waals surface area contributed by atoms with Crippen molar-refractivity contribution in [3.05, 3.63) is 69.1 Å². The number of carbonyl (C=O) groups excluding carboxylic acids is 2. The van der Waals surface area contributed by atoms with E-state index in [1.165, 1.54) is 4.90 Å². The molecule has 34 heavy (non-hydrogen) atoms. The number of nitrogens with one attached hydrogen (secondary N) is 1. The molecule has 1 aliphatic rings. The number of pyridine rings is 1. The quantitative estimate of drug-likeness (QED) is 0.592. The van der Waals surface area contributed by atoms with Gasteiger partial charge in [0.15, 0.2) is 0 Å². The predicted molar refractivity (Wildman–Crippen MR) is 133 cm³/mol. The average molecular weight is 468 g/mol. The van der Waals surface area contributed by atoms with E-state index in [4.69, 9.17) is 0 Å². The van der Waals surface area contributed by atoms with Gasteiger partial charge in [-0.2, -0.15) is 0 Å². The van der Waals surface area contributed by atoms with E-state index in [2.05, 4.69) is 12.2 Å². The molecule has 184 valence electrons. The fourth-order valence-corrected chi connectivity index (χ4v) is 4.57. The van der Waals surface area contributed by atoms with Crippen LogP contribution < -0.4 is 10.9 Å². The normalized spacial score (nSPS) is 14.4. The second kappa shape index (κ2) is 12.5. The first-order chi connectivity index (χ1) is 16.5. The highest BCUT2D eigenvalue weighted by molar-refractivity contribution is 5.97. The van der Waals surface area contributed by atoms with E-state index in [1.807, 2.05) is 6.07 Å². The number of aryl methyl sites for hydroxylation is 1. The number of nitrogens with zero attached hydrogens (tertiary/aromatic N) is 2. The van der Waals surface area contributed by atoms with Crippen molar-refractivity contribution in [1.29, 1.82) is 0 Å². The lowest BCUT2D eigenvalue weighted by Gasteiger charge is -2.25. The van der Waals surface area contributed by atoms with Gasteiger partial charge in [0.05, 0.1) is 6.61 Å². The number of amides is 2. The van der Waals surface area contributed by atoms with Crippen LogP contribution in [0.3, 0.4) is 0 Å². The van der Waals surface area contributed by atoms with Gasteiger partial charge in [0.2, 0.25) is 5.91 Å². The molecular weight excluding hydrogens is 430 g/mol. The van der Waals surface area contributed by atoms with E-state index in [0.29, 0.717) is 12.1 Å². The third-order valence-corrected chi connectivity index (χ3v) is 6.55. The highest BCUT2D eigenvalue weighted by Gasteiger charge is 2.28. The summed E-state index contributed by atoms with van der Waals surface area (Å²) in [5, 5.41) is 12.1. The van der Waals surface area contributed by atoms with Gasteiger partial charge in [-0.1, -0.05) is 56.5 Å². The van der Waals surface area contributed by atoms with Crippen LogP contribution in [0.15, 0.2) is 41.2 Å². The standard InChI is InChI=1S/C27H37N3O4/c1-3-4-16-30-23-15-11-6-5-8-14-21(23)19-22(26(30)33)25(32)28-24(20-12-9-7-10-13-20)27(34)29(2)17-18-31/h7,9-10,12-13,19,24,31H,3-6,8,11,14-18H2,1-2H3,(H,28,32). The molecule has 1 heterocycles. The minimum atomic E-state index is -0.948. The molecule has 1 atom stereocenters. The number of unbranched alkanes of at least 4 members (excludes halogenated alkanes) is 1. The van der Waals surface area contributed by atoms with Crippen molar-refractivity contribution in [2.24, 2.45) is 0 Å². The maximum absolute atomic E-state index is 13.5. The van der Waals surface area contributed by atoms with Crippen molar-refractivity contribution in [3.8, 4) is 0 Å². The van der Waals surface area contributed by atoms with Crippen molar-refractivity contribution in [2.45, 2.75) is 70.9 Å². The van der Waals surface area contributed by atoms with Crippen LogP contribution in [0, 0.1) is 0 Å². The van der Waals surface area contributed by atoms with Gasteiger partial charge in [0.1, 0.15) is 11.6 Å². The van der Waals surface area contributed by atoms with Crippen molar-refractivity contribution in [1.82, 2.24) is 14.8 Å². The molecule has 0 saturated heterocycles. The molecule has 0 saturated carbocycles. The monoisotopic (exact) mass is 467 g/mol. The van der Waals surface area contributed by atoms with Gasteiger partial charge in [-0.25, -0.2) is 0 Å². The SMILES string of the molecule is CCCCn1c2c(cc(C(=O)NC(C(=O)N(C)CCO)c3ccccc3)c1=O)CCCCCC2. The lowest BCUT2D eigenvalue weighted by atomic mass is 9.95. The number of fused-ring (bicyclic) bond motifs is 1. The van der Waals surface area contributed by atoms with E-state index in [0.717, 1.165) is 62.6 Å². The van der Waals surface area contributed by atoms with Crippen molar-refractivity contribution >= 4 is 11.8 Å². The third-order valence-electron chi connectivity index (χ3n) is 6.55. The maximum atomic E-state index is 13.5. The Hall–Kier alpha value is -2.93. The molecule has 0 bridgehead atoms. The Labute approximate surface area is 201 Å². The minimum absolute atomic E-state index is 0.0916. The second-order valence-electron chi connectivity index (χ2n) is 9.06. The van der Waals surface area contributed by atoms with Crippen LogP contribution in [0.1, 0.15) is 78.7 Å². The molecule has 0 fully saturated rings. The summed E-state index contributed by atoms with van der Waals surface area (Å²) >= 11 is 0. The number of aliphatic hydroxyl groups is 1. The summed E-state index contributed by atoms with van der Waals surface area (Å²) in [6.07, 6.45) is 7.93. The Morgan fingerprint density at radius 3 is 2.50 bits per heavy atom. The van der Waals surface area contributed by atoms with E-state index in [9.17, 15) is 19.5 Å². The van der Waals surface area contributed by atoms with E-state index in [-0.39, 0.29) is 30.2 Å². The smallest absolute Gasteiger partial charge is 0.263 e. The van der Waals surface area contributed by atoms with Crippen LogP contribution >= 0.6 is 0 Å². The summed E-state index contributed by atoms with van der Waals surface area (Å²) in [7, 11) is 1.59. The van der Waals surface area contributed by atoms with Gasteiger partial charge in [-0.3, -0.25) is 14.4 Å². The Morgan fingerprint density at radius 2 is 1.82 bits per heavy atom. The summed E-state index contributed by atoms with van der Waals surface area (Å²) in [5.74, 6) is -0.883. The highest BCUT2D eigenvalue weighted by atomic mass is 16.3. The zero-order chi connectivity index (χ0) is 24.5. The van der Waals surface area contributed by atoms with Gasteiger partial charge in [-0.05, 0) is 49.3 Å². The molecule has 1 aromatic carbocycles. The predicted octanol–water partition coefficient (Wildman–Crippen LogP) is 3.23. The molecule has 7 nitrogen and oxygen atoms in total. The van der Waals surface area contributed by atoms with Gasteiger partial charge in [0.25, 0.3) is 11.5 Å². The summed E-state index contributed by atoms with van der Waals surface area (Å²) in [6, 6.07) is 9.80. The summed E-state index contributed by atoms with van der Waals surface area (Å²) in [5.41, 5.74) is 2.57. The maximum Gasteiger partial charge on any atom is 0.263 e. The van der Waals surface area contributed by atoms with Crippen molar-refractivity contribution < 1.29 is 14.7 Å². The van der Waals surface area contributed by atoms with Crippen LogP contribution in [0.25, 0.3) is 0 Å². The average Bonchev–Trinajstić information content (AvgIpc) is 2.83. The Bertz CT molecular complexity index is 1030. The Morgan fingerprint density at radius 1 is 1.12 bits per heavy atom. The molecule has 0 aliphatic heterocycles. The van der Waals surface area contributed by atoms with Crippen molar-refractivity contribution in [3.63, 3.8) is 0 Å². The van der Waals surface area contributed by atoms with Crippen LogP contribution in [0.4, 0.5) is 0 Å². The molecule has 1 aromatic heterocycles. The first-order valence-corrected chi connectivity index (χ1v) is 12.4. The lowest BCUT2D eigenvalue weighted by Crippen LogP contribution is -2.44. The molecule has 2 amide bonds. The van der Waals surface area contributed by atoms with Crippen LogP contribution in [-0.2, 0) is 24.2 Å². The highest BCUT2D eigenvalue weighted by Crippen LogP contribution is 2.22. The number of aliphatic hydroxyl groups excluding tert-OH is 1. The molecule has 2 aromatic rings. The summed E-state index contributed by atoms with van der Waals surface area (Å²) < 4.78 is 1.80. The molecule has 3 rings (SSSR count). The zero-order valence-electron chi connectivity index (χ0n) is 20.4. The number of hydrogen-bond donors (Lipinski definition) is 2. The first-order valence-electron chi connectivity index (χ1n) is 12.4. The molecule has 1 unspecified atom stereocenters. The molecule has 7 heteroatoms. The van der Waals surface area contributed by atoms with Crippen LogP contribution in [0.5, 0.6) is 0 Å². The number of hydrogen-bond acceptors (Lipinski definition) is 4. The topological polar surface area (TPSA) is 91.6 Å². The number of rotatable bonds is 9. The Kier molecular flexibility index (Phi) is 9.45.